The molecule has 3 aromatic rings. The number of aromatic nitrogens is 7. The molecule has 0 bridgehead atoms. The molecule has 4 atom stereocenters. The molecule has 14 heteroatoms. The average Bonchev–Trinajstić information content (AvgIpc) is 3.62. The van der Waals surface area contributed by atoms with Gasteiger partial charge in [-0.1, -0.05) is 22.8 Å². The highest BCUT2D eigenvalue weighted by atomic mass is 16.6. The van der Waals surface area contributed by atoms with Crippen molar-refractivity contribution in [3.05, 3.63) is 18.2 Å². The number of rotatable bonds is 7. The summed E-state index contributed by atoms with van der Waals surface area (Å²) in [6.07, 6.45) is 2.60. The number of anilines is 1. The highest BCUT2D eigenvalue weighted by Crippen LogP contribution is 2.33. The van der Waals surface area contributed by atoms with Crippen molar-refractivity contribution < 1.29 is 34.3 Å². The third kappa shape index (κ3) is 3.98. The lowest BCUT2D eigenvalue weighted by molar-refractivity contribution is -0.666. The van der Waals surface area contributed by atoms with Crippen molar-refractivity contribution in [1.29, 1.82) is 0 Å². The molecule has 1 aliphatic heterocycles. The summed E-state index contributed by atoms with van der Waals surface area (Å²) in [4.78, 5) is 25.7. The molecule has 1 saturated heterocycles. The van der Waals surface area contributed by atoms with Gasteiger partial charge in [0.1, 0.15) is 30.8 Å². The number of hydrogen-bond acceptors (Lipinski definition) is 11. The SMILES string of the molecule is CCOC(=O)c1c[n+](-c2nc(NC3CCCC3)c3ncn(C4O[C@H](CO)[C@@H](O)[C@H]4O)c3n2)[nH]n1. The normalized spacial score (nSPS) is 25.3. The first-order chi connectivity index (χ1) is 16.5. The number of aliphatic hydroxyl groups excluding tert-OH is 3. The Morgan fingerprint density at radius 3 is 2.82 bits per heavy atom. The molecule has 3 aromatic heterocycles. The second kappa shape index (κ2) is 9.21. The van der Waals surface area contributed by atoms with E-state index in [1.54, 1.807) is 6.92 Å². The zero-order chi connectivity index (χ0) is 23.8. The minimum Gasteiger partial charge on any atom is -0.460 e. The van der Waals surface area contributed by atoms with Crippen molar-refractivity contribution in [2.75, 3.05) is 18.5 Å². The van der Waals surface area contributed by atoms with Gasteiger partial charge in [0.25, 0.3) is 5.69 Å². The number of nitrogens with zero attached hydrogens (tertiary/aromatic N) is 6. The number of carbonyl (C=O) groups is 1. The Hall–Kier alpha value is -3.20. The fraction of sp³-hybridized carbons (Fsp3) is 0.600. The maximum Gasteiger partial charge on any atom is 0.410 e. The van der Waals surface area contributed by atoms with Crippen LogP contribution in [0.1, 0.15) is 49.3 Å². The summed E-state index contributed by atoms with van der Waals surface area (Å²) in [6.45, 7) is 1.47. The number of aliphatic hydroxyl groups is 3. The quantitative estimate of drug-likeness (QED) is 0.208. The first-order valence-corrected chi connectivity index (χ1v) is 11.3. The first-order valence-electron chi connectivity index (χ1n) is 11.3. The third-order valence-corrected chi connectivity index (χ3v) is 6.13. The highest BCUT2D eigenvalue weighted by Gasteiger charge is 2.44. The van der Waals surface area contributed by atoms with E-state index in [9.17, 15) is 20.1 Å². The van der Waals surface area contributed by atoms with Gasteiger partial charge < -0.3 is 30.1 Å². The lowest BCUT2D eigenvalue weighted by Crippen LogP contribution is -2.36. The van der Waals surface area contributed by atoms with Crippen LogP contribution in [0.3, 0.4) is 0 Å². The van der Waals surface area contributed by atoms with Gasteiger partial charge in [-0.05, 0) is 24.9 Å². The first kappa shape index (κ1) is 22.6. The van der Waals surface area contributed by atoms with E-state index in [1.165, 1.54) is 21.8 Å². The summed E-state index contributed by atoms with van der Waals surface area (Å²) in [5.41, 5.74) is 0.854. The minimum atomic E-state index is -1.30. The Bertz CT molecular complexity index is 1180. The lowest BCUT2D eigenvalue weighted by atomic mass is 10.1. The van der Waals surface area contributed by atoms with Crippen molar-refractivity contribution in [3.63, 3.8) is 0 Å². The van der Waals surface area contributed by atoms with E-state index in [0.29, 0.717) is 17.0 Å². The predicted octanol–water partition coefficient (Wildman–Crippen LogP) is -1.03. The Labute approximate surface area is 193 Å². The molecule has 4 heterocycles. The van der Waals surface area contributed by atoms with Gasteiger partial charge in [-0.25, -0.2) is 9.78 Å². The van der Waals surface area contributed by atoms with E-state index >= 15 is 0 Å². The van der Waals surface area contributed by atoms with E-state index in [0.717, 1.165) is 25.7 Å². The van der Waals surface area contributed by atoms with Gasteiger partial charge in [0, 0.05) is 6.04 Å². The predicted molar refractivity (Wildman–Crippen MR) is 114 cm³/mol. The summed E-state index contributed by atoms with van der Waals surface area (Å²) < 4.78 is 13.5. The molecule has 1 unspecified atom stereocenters. The molecule has 14 nitrogen and oxygen atoms in total. The molecule has 5 N–H and O–H groups in total. The minimum absolute atomic E-state index is 0.0628. The van der Waals surface area contributed by atoms with Crippen LogP contribution >= 0.6 is 0 Å². The number of nitrogens with one attached hydrogen (secondary N) is 2. The largest absolute Gasteiger partial charge is 0.460 e. The molecular weight excluding hydrogens is 448 g/mol. The monoisotopic (exact) mass is 475 g/mol. The maximum absolute atomic E-state index is 12.0. The van der Waals surface area contributed by atoms with Crippen molar-refractivity contribution in [1.82, 2.24) is 29.8 Å². The summed E-state index contributed by atoms with van der Waals surface area (Å²) in [7, 11) is 0. The Morgan fingerprint density at radius 2 is 2.12 bits per heavy atom. The molecule has 0 radical (unpaired) electrons. The summed E-state index contributed by atoms with van der Waals surface area (Å²) in [5, 5.41) is 40.3. The molecule has 182 valence electrons. The Morgan fingerprint density at radius 1 is 1.32 bits per heavy atom. The smallest absolute Gasteiger partial charge is 0.410 e. The number of ether oxygens (including phenoxy) is 2. The van der Waals surface area contributed by atoms with Gasteiger partial charge in [0.15, 0.2) is 11.7 Å². The van der Waals surface area contributed by atoms with Crippen LogP contribution < -0.4 is 10.00 Å². The molecular formula is C20H27N8O6+. The molecule has 2 aliphatic rings. The van der Waals surface area contributed by atoms with Gasteiger partial charge in [0.2, 0.25) is 11.5 Å². The Balaban J connectivity index is 1.57. The maximum atomic E-state index is 12.0. The fourth-order valence-electron chi connectivity index (χ4n) is 4.37. The average molecular weight is 475 g/mol. The van der Waals surface area contributed by atoms with E-state index in [-0.39, 0.29) is 24.3 Å². The zero-order valence-corrected chi connectivity index (χ0v) is 18.5. The molecule has 0 spiro atoms. The standard InChI is InChI=1S/C20H26N8O6/c1-2-33-19(32)11-7-28(26-25-11)20-23-16(22-10-5-3-4-6-10)13-17(24-20)27(9-21-13)18-15(31)14(30)12(8-29)34-18/h7,9-10,12,14-15,18,29-31H,2-6,8H2,1H3,(H,22,23,24)/p+1/t12-,14-,15-,18?/m1/s1. The highest BCUT2D eigenvalue weighted by molar-refractivity contribution is 5.86. The van der Waals surface area contributed by atoms with E-state index in [2.05, 4.69) is 30.6 Å². The summed E-state index contributed by atoms with van der Waals surface area (Å²) in [6, 6.07) is 0.229. The van der Waals surface area contributed by atoms with Gasteiger partial charge in [-0.2, -0.15) is 0 Å². The van der Waals surface area contributed by atoms with Crippen molar-refractivity contribution in [2.45, 2.75) is 63.2 Å². The molecule has 1 aliphatic carbocycles. The van der Waals surface area contributed by atoms with Gasteiger partial charge in [0.05, 0.1) is 13.2 Å². The summed E-state index contributed by atoms with van der Waals surface area (Å²) >= 11 is 0. The van der Waals surface area contributed by atoms with Crippen molar-refractivity contribution in [3.8, 4) is 5.95 Å². The lowest BCUT2D eigenvalue weighted by Gasteiger charge is -2.16. The molecule has 5 rings (SSSR count). The molecule has 0 amide bonds. The van der Waals surface area contributed by atoms with Crippen LogP contribution in [0, 0.1) is 0 Å². The van der Waals surface area contributed by atoms with Crippen LogP contribution in [-0.4, -0.2) is 88.7 Å². The second-order valence-electron chi connectivity index (χ2n) is 8.37. The number of H-pyrrole nitrogens is 1. The fourth-order valence-corrected chi connectivity index (χ4v) is 4.37. The van der Waals surface area contributed by atoms with E-state index in [4.69, 9.17) is 9.47 Å². The van der Waals surface area contributed by atoms with Gasteiger partial charge in [-0.15, -0.1) is 9.90 Å². The van der Waals surface area contributed by atoms with Crippen LogP contribution in [0.25, 0.3) is 17.1 Å². The van der Waals surface area contributed by atoms with Crippen LogP contribution in [0.2, 0.25) is 0 Å². The van der Waals surface area contributed by atoms with Crippen LogP contribution in [0.15, 0.2) is 12.5 Å². The van der Waals surface area contributed by atoms with Crippen LogP contribution in [-0.2, 0) is 9.47 Å². The zero-order valence-electron chi connectivity index (χ0n) is 18.5. The second-order valence-corrected chi connectivity index (χ2v) is 8.37. The number of aromatic amines is 1. The number of carbonyl (C=O) groups excluding carboxylic acids is 1. The summed E-state index contributed by atoms with van der Waals surface area (Å²) in [5.74, 6) is 0.0705. The molecule has 0 aromatic carbocycles. The number of hydrogen-bond donors (Lipinski definition) is 5. The van der Waals surface area contributed by atoms with E-state index in [1.807, 2.05) is 0 Å². The topological polar surface area (TPSA) is 184 Å². The number of fused-ring (bicyclic) bond motifs is 1. The number of imidazole rings is 1. The molecule has 2 fully saturated rings. The van der Waals surface area contributed by atoms with Gasteiger partial charge >= 0.3 is 11.9 Å². The van der Waals surface area contributed by atoms with Gasteiger partial charge in [-0.3, -0.25) is 4.57 Å². The van der Waals surface area contributed by atoms with Crippen molar-refractivity contribution in [2.24, 2.45) is 0 Å². The van der Waals surface area contributed by atoms with Crippen LogP contribution in [0.4, 0.5) is 5.82 Å². The van der Waals surface area contributed by atoms with E-state index < -0.39 is 37.1 Å². The van der Waals surface area contributed by atoms with Crippen LogP contribution in [0.5, 0.6) is 0 Å². The molecule has 34 heavy (non-hydrogen) atoms. The van der Waals surface area contributed by atoms with Crippen molar-refractivity contribution >= 4 is 23.0 Å². The third-order valence-electron chi connectivity index (χ3n) is 6.13. The molecule has 1 saturated carbocycles. The Kier molecular flexibility index (Phi) is 6.12. The number of esters is 1.